The Morgan fingerprint density at radius 2 is 2.12 bits per heavy atom. The topological polar surface area (TPSA) is 106 Å². The number of carbonyl (C=O) groups is 2. The van der Waals surface area contributed by atoms with Gasteiger partial charge in [-0.2, -0.15) is 11.8 Å². The fourth-order valence-electron chi connectivity index (χ4n) is 1.19. The monoisotopic (exact) mass is 254 g/mol. The van der Waals surface area contributed by atoms with Gasteiger partial charge < -0.3 is 16.6 Å². The fourth-order valence-corrected chi connectivity index (χ4v) is 2.12. The number of amides is 1. The summed E-state index contributed by atoms with van der Waals surface area (Å²) in [5.41, 5.74) is 11.9. The van der Waals surface area contributed by atoms with Crippen LogP contribution in [0.25, 0.3) is 0 Å². The van der Waals surface area contributed by atoms with Crippen molar-refractivity contribution in [2.24, 2.45) is 11.5 Å². The third-order valence-electron chi connectivity index (χ3n) is 2.09. The van der Waals surface area contributed by atoms with Gasteiger partial charge in [0.2, 0.25) is 5.91 Å². The molecular formula is C11H14N2O3S. The first-order chi connectivity index (χ1) is 8.00. The number of carboxylic acid groups (broad SMARTS) is 1. The lowest BCUT2D eigenvalue weighted by atomic mass is 10.1. The fraction of sp³-hybridized carbons (Fsp3) is 0.273. The summed E-state index contributed by atoms with van der Waals surface area (Å²) in [6.45, 7) is 0. The second-order valence-corrected chi connectivity index (χ2v) is 4.55. The molecule has 6 heteroatoms. The van der Waals surface area contributed by atoms with E-state index in [2.05, 4.69) is 0 Å². The lowest BCUT2D eigenvalue weighted by Crippen LogP contribution is -2.32. The van der Waals surface area contributed by atoms with Crippen molar-refractivity contribution >= 4 is 23.6 Å². The molecular weight excluding hydrogens is 240 g/mol. The zero-order valence-electron chi connectivity index (χ0n) is 9.13. The summed E-state index contributed by atoms with van der Waals surface area (Å²) in [4.78, 5) is 21.4. The molecule has 0 aliphatic heterocycles. The first-order valence-electron chi connectivity index (χ1n) is 4.95. The van der Waals surface area contributed by atoms with Gasteiger partial charge in [-0.1, -0.05) is 12.1 Å². The van der Waals surface area contributed by atoms with Gasteiger partial charge in [-0.3, -0.25) is 9.59 Å². The van der Waals surface area contributed by atoms with E-state index in [-0.39, 0.29) is 0 Å². The number of primary amides is 1. The van der Waals surface area contributed by atoms with Gasteiger partial charge >= 0.3 is 5.97 Å². The normalized spacial score (nSPS) is 12.1. The van der Waals surface area contributed by atoms with E-state index in [0.717, 1.165) is 5.56 Å². The predicted octanol–water partition coefficient (Wildman–Crippen LogP) is 0.431. The second-order valence-electron chi connectivity index (χ2n) is 3.52. The maximum Gasteiger partial charge on any atom is 0.321 e. The van der Waals surface area contributed by atoms with Crippen molar-refractivity contribution in [2.45, 2.75) is 11.8 Å². The molecule has 1 atom stereocenters. The average Bonchev–Trinajstić information content (AvgIpc) is 2.29. The minimum Gasteiger partial charge on any atom is -0.480 e. The summed E-state index contributed by atoms with van der Waals surface area (Å²) in [5, 5.41) is 8.60. The van der Waals surface area contributed by atoms with E-state index in [1.54, 1.807) is 18.2 Å². The summed E-state index contributed by atoms with van der Waals surface area (Å²) in [7, 11) is 0. The van der Waals surface area contributed by atoms with Crippen LogP contribution >= 0.6 is 11.8 Å². The Kier molecular flexibility index (Phi) is 4.99. The quantitative estimate of drug-likeness (QED) is 0.682. The molecule has 0 bridgehead atoms. The largest absolute Gasteiger partial charge is 0.480 e. The highest BCUT2D eigenvalue weighted by molar-refractivity contribution is 7.98. The Labute approximate surface area is 103 Å². The van der Waals surface area contributed by atoms with Gasteiger partial charge in [0, 0.05) is 17.1 Å². The number of aliphatic carboxylic acids is 1. The average molecular weight is 254 g/mol. The Morgan fingerprint density at radius 3 is 2.71 bits per heavy atom. The van der Waals surface area contributed by atoms with Crippen molar-refractivity contribution in [3.63, 3.8) is 0 Å². The lowest BCUT2D eigenvalue weighted by Gasteiger charge is -2.06. The Bertz CT molecular complexity index is 423. The maximum atomic E-state index is 10.9. The minimum absolute atomic E-state index is 0.329. The van der Waals surface area contributed by atoms with Gasteiger partial charge in [-0.15, -0.1) is 0 Å². The third kappa shape index (κ3) is 4.46. The molecule has 5 N–H and O–H groups in total. The van der Waals surface area contributed by atoms with Crippen LogP contribution in [-0.2, 0) is 10.5 Å². The Hall–Kier alpha value is -1.53. The van der Waals surface area contributed by atoms with Crippen molar-refractivity contribution < 1.29 is 14.7 Å². The van der Waals surface area contributed by atoms with Gasteiger partial charge in [-0.25, -0.2) is 0 Å². The van der Waals surface area contributed by atoms with Gasteiger partial charge in [0.1, 0.15) is 6.04 Å². The second kappa shape index (κ2) is 6.27. The van der Waals surface area contributed by atoms with Crippen LogP contribution in [0, 0.1) is 0 Å². The van der Waals surface area contributed by atoms with E-state index in [0.29, 0.717) is 17.1 Å². The molecule has 0 unspecified atom stereocenters. The zero-order valence-corrected chi connectivity index (χ0v) is 9.94. The van der Waals surface area contributed by atoms with Crippen LogP contribution in [0.1, 0.15) is 15.9 Å². The van der Waals surface area contributed by atoms with Gasteiger partial charge in [0.15, 0.2) is 0 Å². The number of carboxylic acids is 1. The van der Waals surface area contributed by atoms with Gasteiger partial charge in [0.25, 0.3) is 0 Å². The highest BCUT2D eigenvalue weighted by Crippen LogP contribution is 2.14. The standard InChI is InChI=1S/C11H14N2O3S/c12-9(11(15)16)6-17-5-7-2-1-3-8(4-7)10(13)14/h1-4,9H,5-6,12H2,(H2,13,14)(H,15,16)/t9-/m1/s1. The lowest BCUT2D eigenvalue weighted by molar-refractivity contribution is -0.137. The maximum absolute atomic E-state index is 10.9. The van der Waals surface area contributed by atoms with E-state index in [4.69, 9.17) is 16.6 Å². The van der Waals surface area contributed by atoms with Crippen LogP contribution < -0.4 is 11.5 Å². The molecule has 1 amide bonds. The molecule has 92 valence electrons. The first kappa shape index (κ1) is 13.5. The molecule has 0 aliphatic carbocycles. The van der Waals surface area contributed by atoms with Gasteiger partial charge in [0.05, 0.1) is 0 Å². The molecule has 0 saturated heterocycles. The highest BCUT2D eigenvalue weighted by Gasteiger charge is 2.11. The molecule has 5 nitrogen and oxygen atoms in total. The molecule has 0 aromatic heterocycles. The van der Waals surface area contributed by atoms with Crippen LogP contribution in [0.2, 0.25) is 0 Å². The van der Waals surface area contributed by atoms with Crippen molar-refractivity contribution in [2.75, 3.05) is 5.75 Å². The first-order valence-corrected chi connectivity index (χ1v) is 6.11. The molecule has 0 aliphatic rings. The SMILES string of the molecule is NC(=O)c1cccc(CSC[C@@H](N)C(=O)O)c1. The minimum atomic E-state index is -1.01. The van der Waals surface area contributed by atoms with Crippen molar-refractivity contribution in [1.29, 1.82) is 0 Å². The summed E-state index contributed by atoms with van der Waals surface area (Å²) < 4.78 is 0. The molecule has 1 aromatic carbocycles. The predicted molar refractivity (Wildman–Crippen MR) is 66.7 cm³/mol. The molecule has 1 rings (SSSR count). The Morgan fingerprint density at radius 1 is 1.41 bits per heavy atom. The summed E-state index contributed by atoms with van der Waals surface area (Å²) in [5.74, 6) is -0.555. The summed E-state index contributed by atoms with van der Waals surface area (Å²) in [6.07, 6.45) is 0. The van der Waals surface area contributed by atoms with Crippen molar-refractivity contribution in [3.05, 3.63) is 35.4 Å². The number of hydrogen-bond donors (Lipinski definition) is 3. The van der Waals surface area contributed by atoms with Crippen LogP contribution in [0.5, 0.6) is 0 Å². The van der Waals surface area contributed by atoms with E-state index in [1.165, 1.54) is 11.8 Å². The van der Waals surface area contributed by atoms with Crippen LogP contribution in [0.4, 0.5) is 0 Å². The summed E-state index contributed by atoms with van der Waals surface area (Å²) >= 11 is 1.41. The smallest absolute Gasteiger partial charge is 0.321 e. The molecule has 0 spiro atoms. The number of hydrogen-bond acceptors (Lipinski definition) is 4. The third-order valence-corrected chi connectivity index (χ3v) is 3.23. The van der Waals surface area contributed by atoms with E-state index < -0.39 is 17.9 Å². The molecule has 17 heavy (non-hydrogen) atoms. The number of benzene rings is 1. The van der Waals surface area contributed by atoms with Crippen LogP contribution in [0.15, 0.2) is 24.3 Å². The van der Waals surface area contributed by atoms with Crippen LogP contribution in [-0.4, -0.2) is 28.8 Å². The zero-order chi connectivity index (χ0) is 12.8. The number of carbonyl (C=O) groups excluding carboxylic acids is 1. The van der Waals surface area contributed by atoms with Gasteiger partial charge in [-0.05, 0) is 17.7 Å². The number of nitrogens with two attached hydrogens (primary N) is 2. The number of thioether (sulfide) groups is 1. The van der Waals surface area contributed by atoms with Crippen LogP contribution in [0.3, 0.4) is 0 Å². The van der Waals surface area contributed by atoms with E-state index in [9.17, 15) is 9.59 Å². The highest BCUT2D eigenvalue weighted by atomic mass is 32.2. The summed E-state index contributed by atoms with van der Waals surface area (Å²) in [6, 6.07) is 6.07. The van der Waals surface area contributed by atoms with E-state index >= 15 is 0 Å². The molecule has 0 fully saturated rings. The molecule has 0 saturated carbocycles. The Balaban J connectivity index is 2.49. The van der Waals surface area contributed by atoms with Crippen molar-refractivity contribution in [1.82, 2.24) is 0 Å². The van der Waals surface area contributed by atoms with E-state index in [1.807, 2.05) is 6.07 Å². The molecule has 1 aromatic rings. The molecule has 0 radical (unpaired) electrons. The number of rotatable bonds is 6. The molecule has 0 heterocycles. The van der Waals surface area contributed by atoms with Crippen molar-refractivity contribution in [3.8, 4) is 0 Å².